The normalized spacial score (nSPS) is 18.4. The molecule has 0 aliphatic carbocycles. The molecule has 0 fully saturated rings. The van der Waals surface area contributed by atoms with E-state index in [4.69, 9.17) is 0 Å². The number of hydrogen-bond donors (Lipinski definition) is 0. The Labute approximate surface area is 120 Å². The summed E-state index contributed by atoms with van der Waals surface area (Å²) in [7, 11) is 0. The zero-order chi connectivity index (χ0) is 11.8. The minimum absolute atomic E-state index is 0.565. The highest BCUT2D eigenvalue weighted by Gasteiger charge is 2.26. The highest BCUT2D eigenvalue weighted by Crippen LogP contribution is 2.35. The van der Waals surface area contributed by atoms with Crippen LogP contribution in [0.5, 0.6) is 0 Å². The van der Waals surface area contributed by atoms with Gasteiger partial charge in [-0.15, -0.1) is 10.2 Å². The Hall–Kier alpha value is -0.330. The third kappa shape index (κ3) is 2.18. The third-order valence-corrected chi connectivity index (χ3v) is 5.55. The SMILES string of the molecule is BrC[C@H]1Cn2c(nnc2-c2ccc(Br)cc2)S1. The lowest BCUT2D eigenvalue weighted by Gasteiger charge is -2.05. The number of rotatable bonds is 2. The zero-order valence-corrected chi connectivity index (χ0v) is 12.8. The van der Waals surface area contributed by atoms with Crippen LogP contribution < -0.4 is 0 Å². The van der Waals surface area contributed by atoms with E-state index in [9.17, 15) is 0 Å². The number of thioether (sulfide) groups is 1. The van der Waals surface area contributed by atoms with Gasteiger partial charge in [-0.3, -0.25) is 0 Å². The maximum Gasteiger partial charge on any atom is 0.191 e. The average molecular weight is 375 g/mol. The molecule has 0 bridgehead atoms. The predicted molar refractivity (Wildman–Crippen MR) is 76.6 cm³/mol. The third-order valence-electron chi connectivity index (χ3n) is 2.65. The van der Waals surface area contributed by atoms with Crippen LogP contribution in [0.15, 0.2) is 33.9 Å². The molecule has 3 nitrogen and oxygen atoms in total. The summed E-state index contributed by atoms with van der Waals surface area (Å²) >= 11 is 8.75. The summed E-state index contributed by atoms with van der Waals surface area (Å²) in [4.78, 5) is 0. The van der Waals surface area contributed by atoms with Crippen LogP contribution in [-0.2, 0) is 6.54 Å². The van der Waals surface area contributed by atoms with Gasteiger partial charge in [0.25, 0.3) is 0 Å². The molecule has 88 valence electrons. The van der Waals surface area contributed by atoms with E-state index in [1.165, 1.54) is 0 Å². The summed E-state index contributed by atoms with van der Waals surface area (Å²) in [5, 5.41) is 11.1. The Balaban J connectivity index is 1.98. The van der Waals surface area contributed by atoms with Gasteiger partial charge < -0.3 is 4.57 Å². The van der Waals surface area contributed by atoms with Gasteiger partial charge in [0.2, 0.25) is 0 Å². The van der Waals surface area contributed by atoms with E-state index in [1.807, 2.05) is 12.1 Å². The second-order valence-corrected chi connectivity index (χ2v) is 6.65. The van der Waals surface area contributed by atoms with E-state index >= 15 is 0 Å². The van der Waals surface area contributed by atoms with Gasteiger partial charge in [-0.25, -0.2) is 0 Å². The minimum atomic E-state index is 0.565. The van der Waals surface area contributed by atoms with E-state index < -0.39 is 0 Å². The number of fused-ring (bicyclic) bond motifs is 1. The lowest BCUT2D eigenvalue weighted by Crippen LogP contribution is -2.07. The smallest absolute Gasteiger partial charge is 0.191 e. The molecule has 2 heterocycles. The van der Waals surface area contributed by atoms with Crippen molar-refractivity contribution in [1.82, 2.24) is 14.8 Å². The fourth-order valence-electron chi connectivity index (χ4n) is 1.82. The van der Waals surface area contributed by atoms with Crippen molar-refractivity contribution >= 4 is 43.6 Å². The molecule has 1 aliphatic heterocycles. The minimum Gasteiger partial charge on any atom is -0.301 e. The highest BCUT2D eigenvalue weighted by molar-refractivity contribution is 9.10. The van der Waals surface area contributed by atoms with E-state index in [2.05, 4.69) is 58.8 Å². The van der Waals surface area contributed by atoms with Gasteiger partial charge in [0.05, 0.1) is 0 Å². The highest BCUT2D eigenvalue weighted by atomic mass is 79.9. The van der Waals surface area contributed by atoms with Gasteiger partial charge in [0.1, 0.15) is 0 Å². The molecule has 0 saturated heterocycles. The molecule has 1 aromatic carbocycles. The van der Waals surface area contributed by atoms with Crippen LogP contribution in [0, 0.1) is 0 Å². The number of benzene rings is 1. The monoisotopic (exact) mass is 373 g/mol. The number of hydrogen-bond acceptors (Lipinski definition) is 3. The number of halogens is 2. The summed E-state index contributed by atoms with van der Waals surface area (Å²) in [5.41, 5.74) is 1.11. The Kier molecular flexibility index (Phi) is 3.28. The van der Waals surface area contributed by atoms with Crippen molar-refractivity contribution in [3.63, 3.8) is 0 Å². The summed E-state index contributed by atoms with van der Waals surface area (Å²) in [6.07, 6.45) is 0. The first-order valence-corrected chi connectivity index (χ1v) is 7.99. The lowest BCUT2D eigenvalue weighted by atomic mass is 10.2. The Morgan fingerprint density at radius 1 is 1.29 bits per heavy atom. The Morgan fingerprint density at radius 2 is 2.06 bits per heavy atom. The molecule has 0 saturated carbocycles. The molecule has 1 atom stereocenters. The number of nitrogens with zero attached hydrogens (tertiary/aromatic N) is 3. The van der Waals surface area contributed by atoms with Crippen LogP contribution >= 0.6 is 43.6 Å². The van der Waals surface area contributed by atoms with Gasteiger partial charge >= 0.3 is 0 Å². The van der Waals surface area contributed by atoms with Crippen molar-refractivity contribution in [2.24, 2.45) is 0 Å². The molecule has 6 heteroatoms. The topological polar surface area (TPSA) is 30.7 Å². The van der Waals surface area contributed by atoms with Crippen LogP contribution in [-0.4, -0.2) is 25.3 Å². The Bertz CT molecular complexity index is 538. The van der Waals surface area contributed by atoms with E-state index in [1.54, 1.807) is 11.8 Å². The molecule has 0 radical (unpaired) electrons. The number of alkyl halides is 1. The maximum absolute atomic E-state index is 4.27. The second kappa shape index (κ2) is 4.74. The molecule has 0 unspecified atom stereocenters. The first-order chi connectivity index (χ1) is 8.28. The largest absolute Gasteiger partial charge is 0.301 e. The first kappa shape index (κ1) is 11.7. The summed E-state index contributed by atoms with van der Waals surface area (Å²) in [6.45, 7) is 0.976. The fraction of sp³-hybridized carbons (Fsp3) is 0.273. The lowest BCUT2D eigenvalue weighted by molar-refractivity contribution is 0.679. The first-order valence-electron chi connectivity index (χ1n) is 5.19. The molecule has 0 spiro atoms. The summed E-state index contributed by atoms with van der Waals surface area (Å²) < 4.78 is 3.27. The second-order valence-electron chi connectivity index (χ2n) is 3.82. The molecule has 1 aliphatic rings. The average Bonchev–Trinajstić information content (AvgIpc) is 2.89. The van der Waals surface area contributed by atoms with Gasteiger partial charge in [-0.1, -0.05) is 55.8 Å². The van der Waals surface area contributed by atoms with Crippen molar-refractivity contribution in [2.45, 2.75) is 17.0 Å². The predicted octanol–water partition coefficient (Wildman–Crippen LogP) is 3.58. The summed E-state index contributed by atoms with van der Waals surface area (Å²) in [5.74, 6) is 0.962. The molecule has 2 aromatic rings. The van der Waals surface area contributed by atoms with Crippen LogP contribution in [0.1, 0.15) is 0 Å². The molecular formula is C11H9Br2N3S. The van der Waals surface area contributed by atoms with E-state index in [0.717, 1.165) is 32.9 Å². The van der Waals surface area contributed by atoms with Crippen molar-refractivity contribution < 1.29 is 0 Å². The molecule has 0 amide bonds. The fourth-order valence-corrected chi connectivity index (χ4v) is 3.65. The van der Waals surface area contributed by atoms with Crippen molar-refractivity contribution in [3.05, 3.63) is 28.7 Å². The summed E-state index contributed by atoms with van der Waals surface area (Å²) in [6, 6.07) is 8.18. The standard InChI is InChI=1S/C11H9Br2N3S/c12-5-9-6-16-10(14-15-11(16)17-9)7-1-3-8(13)4-2-7/h1-4,9H,5-6H2/t9-/m0/s1. The molecular weight excluding hydrogens is 366 g/mol. The van der Waals surface area contributed by atoms with Gasteiger partial charge in [-0.2, -0.15) is 0 Å². The van der Waals surface area contributed by atoms with Gasteiger partial charge in [0.15, 0.2) is 11.0 Å². The maximum atomic E-state index is 4.27. The van der Waals surface area contributed by atoms with Crippen LogP contribution in [0.3, 0.4) is 0 Å². The van der Waals surface area contributed by atoms with E-state index in [-0.39, 0.29) is 0 Å². The zero-order valence-electron chi connectivity index (χ0n) is 8.81. The van der Waals surface area contributed by atoms with Crippen molar-refractivity contribution in [1.29, 1.82) is 0 Å². The Morgan fingerprint density at radius 3 is 2.76 bits per heavy atom. The quantitative estimate of drug-likeness (QED) is 0.752. The molecule has 1 aromatic heterocycles. The van der Waals surface area contributed by atoms with Crippen LogP contribution in [0.2, 0.25) is 0 Å². The molecule has 3 rings (SSSR count). The van der Waals surface area contributed by atoms with E-state index in [0.29, 0.717) is 5.25 Å². The van der Waals surface area contributed by atoms with Gasteiger partial charge in [-0.05, 0) is 12.1 Å². The van der Waals surface area contributed by atoms with Gasteiger partial charge in [0, 0.05) is 27.2 Å². The van der Waals surface area contributed by atoms with Crippen LogP contribution in [0.4, 0.5) is 0 Å². The molecule has 17 heavy (non-hydrogen) atoms. The van der Waals surface area contributed by atoms with Crippen molar-refractivity contribution in [3.8, 4) is 11.4 Å². The van der Waals surface area contributed by atoms with Crippen molar-refractivity contribution in [2.75, 3.05) is 5.33 Å². The van der Waals surface area contributed by atoms with Crippen LogP contribution in [0.25, 0.3) is 11.4 Å². The number of aromatic nitrogens is 3. The molecule has 0 N–H and O–H groups in total.